The van der Waals surface area contributed by atoms with E-state index in [0.717, 1.165) is 30.8 Å². The van der Waals surface area contributed by atoms with Crippen LogP contribution in [0.25, 0.3) is 0 Å². The maximum Gasteiger partial charge on any atom is 0.255 e. The van der Waals surface area contributed by atoms with Crippen molar-refractivity contribution in [1.29, 1.82) is 0 Å². The van der Waals surface area contributed by atoms with Gasteiger partial charge in [-0.1, -0.05) is 25.0 Å². The molecule has 7 nitrogen and oxygen atoms in total. The molecule has 5 rings (SSSR count). The van der Waals surface area contributed by atoms with Crippen LogP contribution in [0.3, 0.4) is 0 Å². The Bertz CT molecular complexity index is 885. The summed E-state index contributed by atoms with van der Waals surface area (Å²) in [5.41, 5.74) is 3.27. The first kappa shape index (κ1) is 20.6. The van der Waals surface area contributed by atoms with E-state index in [1.165, 1.54) is 38.5 Å². The SMILES string of the molecule is O=C1CCC(N2Cc3c(CNC4CCCCC45CCNCC5)cccc3C2=O)C(=O)N1. The van der Waals surface area contributed by atoms with Gasteiger partial charge < -0.3 is 15.5 Å². The van der Waals surface area contributed by atoms with Gasteiger partial charge >= 0.3 is 0 Å². The molecule has 3 amide bonds. The third-order valence-electron chi connectivity index (χ3n) is 7.97. The van der Waals surface area contributed by atoms with Crippen molar-refractivity contribution < 1.29 is 14.4 Å². The lowest BCUT2D eigenvalue weighted by molar-refractivity contribution is -0.136. The number of nitrogens with one attached hydrogen (secondary N) is 3. The minimum absolute atomic E-state index is 0.0983. The lowest BCUT2D eigenvalue weighted by Crippen LogP contribution is -2.52. The third kappa shape index (κ3) is 3.78. The van der Waals surface area contributed by atoms with E-state index < -0.39 is 6.04 Å². The number of carbonyl (C=O) groups excluding carboxylic acids is 3. The first-order chi connectivity index (χ1) is 15.1. The Morgan fingerprint density at radius 2 is 1.90 bits per heavy atom. The highest BCUT2D eigenvalue weighted by Gasteiger charge is 2.42. The molecule has 31 heavy (non-hydrogen) atoms. The predicted octanol–water partition coefficient (Wildman–Crippen LogP) is 1.85. The summed E-state index contributed by atoms with van der Waals surface area (Å²) in [7, 11) is 0. The zero-order chi connectivity index (χ0) is 21.4. The van der Waals surface area contributed by atoms with Gasteiger partial charge in [-0.15, -0.1) is 0 Å². The molecule has 1 aromatic rings. The minimum Gasteiger partial charge on any atom is -0.322 e. The largest absolute Gasteiger partial charge is 0.322 e. The molecule has 0 aromatic heterocycles. The maximum absolute atomic E-state index is 13.1. The molecule has 2 unspecified atom stereocenters. The predicted molar refractivity (Wildman–Crippen MR) is 116 cm³/mol. The quantitative estimate of drug-likeness (QED) is 0.642. The standard InChI is InChI=1S/C24H32N4O3/c29-21-8-7-19(22(30)27-21)28-15-18-16(4-3-5-17(18)23(28)31)14-26-20-6-1-2-9-24(20)10-12-25-13-11-24/h3-5,19-20,25-26H,1-2,6-15H2,(H,27,29,30). The highest BCUT2D eigenvalue weighted by Crippen LogP contribution is 2.43. The zero-order valence-electron chi connectivity index (χ0n) is 18.0. The molecule has 1 aromatic carbocycles. The van der Waals surface area contributed by atoms with Crippen molar-refractivity contribution in [1.82, 2.24) is 20.9 Å². The molecule has 0 radical (unpaired) electrons. The number of benzene rings is 1. The fourth-order valence-electron chi connectivity index (χ4n) is 6.20. The van der Waals surface area contributed by atoms with E-state index >= 15 is 0 Å². The number of fused-ring (bicyclic) bond motifs is 1. The number of nitrogens with zero attached hydrogens (tertiary/aromatic N) is 1. The van der Waals surface area contributed by atoms with Crippen LogP contribution in [0.4, 0.5) is 0 Å². The van der Waals surface area contributed by atoms with E-state index in [1.807, 2.05) is 12.1 Å². The second-order valence-corrected chi connectivity index (χ2v) is 9.63. The molecule has 7 heteroatoms. The number of piperidine rings is 2. The lowest BCUT2D eigenvalue weighted by Gasteiger charge is -2.47. The molecule has 1 saturated carbocycles. The Hall–Kier alpha value is -2.25. The molecule has 166 valence electrons. The summed E-state index contributed by atoms with van der Waals surface area (Å²) in [5, 5.41) is 9.76. The Balaban J connectivity index is 1.31. The van der Waals surface area contributed by atoms with Gasteiger partial charge in [0, 0.05) is 31.1 Å². The molecule has 4 aliphatic rings. The van der Waals surface area contributed by atoms with E-state index in [1.54, 1.807) is 4.90 Å². The van der Waals surface area contributed by atoms with Crippen molar-refractivity contribution in [2.75, 3.05) is 13.1 Å². The van der Waals surface area contributed by atoms with Crippen LogP contribution in [0.5, 0.6) is 0 Å². The Morgan fingerprint density at radius 1 is 1.06 bits per heavy atom. The number of carbonyl (C=O) groups is 3. The smallest absolute Gasteiger partial charge is 0.255 e. The summed E-state index contributed by atoms with van der Waals surface area (Å²) in [4.78, 5) is 38.5. The molecule has 3 N–H and O–H groups in total. The van der Waals surface area contributed by atoms with Crippen LogP contribution >= 0.6 is 0 Å². The van der Waals surface area contributed by atoms with Crippen molar-refractivity contribution in [3.8, 4) is 0 Å². The van der Waals surface area contributed by atoms with E-state index in [-0.39, 0.29) is 24.1 Å². The average molecular weight is 425 g/mol. The third-order valence-corrected chi connectivity index (χ3v) is 7.97. The van der Waals surface area contributed by atoms with Crippen LogP contribution in [-0.2, 0) is 22.7 Å². The highest BCUT2D eigenvalue weighted by molar-refractivity contribution is 6.05. The summed E-state index contributed by atoms with van der Waals surface area (Å²) < 4.78 is 0. The molecule has 2 atom stereocenters. The number of hydrogen-bond donors (Lipinski definition) is 3. The van der Waals surface area contributed by atoms with Gasteiger partial charge in [-0.3, -0.25) is 19.7 Å². The Morgan fingerprint density at radius 3 is 2.71 bits per heavy atom. The zero-order valence-corrected chi connectivity index (χ0v) is 18.0. The molecule has 2 saturated heterocycles. The molecule has 3 fully saturated rings. The fraction of sp³-hybridized carbons (Fsp3) is 0.625. The molecule has 1 aliphatic carbocycles. The maximum atomic E-state index is 13.1. The van der Waals surface area contributed by atoms with Crippen LogP contribution in [0, 0.1) is 5.41 Å². The second-order valence-electron chi connectivity index (χ2n) is 9.63. The lowest BCUT2D eigenvalue weighted by atomic mass is 9.65. The minimum atomic E-state index is -0.560. The monoisotopic (exact) mass is 424 g/mol. The van der Waals surface area contributed by atoms with Crippen LogP contribution < -0.4 is 16.0 Å². The molecule has 3 heterocycles. The highest BCUT2D eigenvalue weighted by atomic mass is 16.2. The van der Waals surface area contributed by atoms with Crippen molar-refractivity contribution >= 4 is 17.7 Å². The van der Waals surface area contributed by atoms with Crippen LogP contribution in [-0.4, -0.2) is 47.8 Å². The van der Waals surface area contributed by atoms with Crippen molar-refractivity contribution in [3.05, 3.63) is 34.9 Å². The topological polar surface area (TPSA) is 90.5 Å². The molecular weight excluding hydrogens is 392 g/mol. The van der Waals surface area contributed by atoms with Crippen molar-refractivity contribution in [2.24, 2.45) is 5.41 Å². The number of hydrogen-bond acceptors (Lipinski definition) is 5. The van der Waals surface area contributed by atoms with Crippen molar-refractivity contribution in [2.45, 2.75) is 76.5 Å². The summed E-state index contributed by atoms with van der Waals surface area (Å²) in [6.45, 7) is 3.40. The molecule has 3 aliphatic heterocycles. The average Bonchev–Trinajstić information content (AvgIpc) is 3.11. The second kappa shape index (κ2) is 8.36. The summed E-state index contributed by atoms with van der Waals surface area (Å²) in [5.74, 6) is -0.708. The summed E-state index contributed by atoms with van der Waals surface area (Å²) in [6, 6.07) is 5.87. The van der Waals surface area contributed by atoms with E-state index in [2.05, 4.69) is 22.0 Å². The van der Waals surface area contributed by atoms with Gasteiger partial charge in [0.05, 0.1) is 0 Å². The van der Waals surface area contributed by atoms with E-state index in [9.17, 15) is 14.4 Å². The number of imide groups is 1. The number of rotatable bonds is 4. The molecule has 0 bridgehead atoms. The number of amides is 3. The van der Waals surface area contributed by atoms with Gasteiger partial charge in [0.25, 0.3) is 5.91 Å². The normalized spacial score (nSPS) is 28.0. The summed E-state index contributed by atoms with van der Waals surface area (Å²) in [6.07, 6.45) is 8.28. The van der Waals surface area contributed by atoms with Gasteiger partial charge in [-0.05, 0) is 67.8 Å². The van der Waals surface area contributed by atoms with Crippen molar-refractivity contribution in [3.63, 3.8) is 0 Å². The van der Waals surface area contributed by atoms with Crippen LogP contribution in [0.2, 0.25) is 0 Å². The Labute approximate surface area is 183 Å². The molecule has 1 spiro atoms. The van der Waals surface area contributed by atoms with E-state index in [0.29, 0.717) is 30.0 Å². The van der Waals surface area contributed by atoms with Gasteiger partial charge in [0.2, 0.25) is 11.8 Å². The Kier molecular flexibility index (Phi) is 5.56. The van der Waals surface area contributed by atoms with Gasteiger partial charge in [0.1, 0.15) is 6.04 Å². The fourth-order valence-corrected chi connectivity index (χ4v) is 6.20. The van der Waals surface area contributed by atoms with E-state index in [4.69, 9.17) is 0 Å². The van der Waals surface area contributed by atoms with Gasteiger partial charge in [-0.25, -0.2) is 0 Å². The molecular formula is C24H32N4O3. The van der Waals surface area contributed by atoms with Crippen LogP contribution in [0.15, 0.2) is 18.2 Å². The van der Waals surface area contributed by atoms with Crippen LogP contribution in [0.1, 0.15) is 72.9 Å². The first-order valence-electron chi connectivity index (χ1n) is 11.8. The van der Waals surface area contributed by atoms with Gasteiger partial charge in [-0.2, -0.15) is 0 Å². The first-order valence-corrected chi connectivity index (χ1v) is 11.8. The summed E-state index contributed by atoms with van der Waals surface area (Å²) >= 11 is 0. The van der Waals surface area contributed by atoms with Gasteiger partial charge in [0.15, 0.2) is 0 Å².